The SMILES string of the molecule is CC(C)(C)OC(=O)N1CC(N2CCC(C(=O)O)CC2)C1. The molecule has 114 valence electrons. The van der Waals surface area contributed by atoms with Gasteiger partial charge in [0.25, 0.3) is 0 Å². The molecular weight excluding hydrogens is 260 g/mol. The quantitative estimate of drug-likeness (QED) is 0.830. The van der Waals surface area contributed by atoms with Crippen LogP contribution in [0.4, 0.5) is 4.79 Å². The standard InChI is InChI=1S/C14H24N2O4/c1-14(2,3)20-13(19)16-8-11(9-16)15-6-4-10(5-7-15)12(17)18/h10-11H,4-9H2,1-3H3,(H,17,18). The van der Waals surface area contributed by atoms with Gasteiger partial charge in [0.15, 0.2) is 0 Å². The highest BCUT2D eigenvalue weighted by Crippen LogP contribution is 2.24. The number of amides is 1. The van der Waals surface area contributed by atoms with Gasteiger partial charge >= 0.3 is 12.1 Å². The fraction of sp³-hybridized carbons (Fsp3) is 0.857. The van der Waals surface area contributed by atoms with E-state index in [0.717, 1.165) is 13.1 Å². The second-order valence-corrected chi connectivity index (χ2v) is 6.69. The molecule has 0 aromatic heterocycles. The highest BCUT2D eigenvalue weighted by Gasteiger charge is 2.38. The Morgan fingerprint density at radius 1 is 1.15 bits per heavy atom. The highest BCUT2D eigenvalue weighted by molar-refractivity contribution is 5.70. The summed E-state index contributed by atoms with van der Waals surface area (Å²) in [5.41, 5.74) is -0.456. The second-order valence-electron chi connectivity index (χ2n) is 6.69. The minimum absolute atomic E-state index is 0.201. The maximum atomic E-state index is 11.8. The van der Waals surface area contributed by atoms with Gasteiger partial charge in [0.05, 0.1) is 5.92 Å². The lowest BCUT2D eigenvalue weighted by Crippen LogP contribution is -2.62. The van der Waals surface area contributed by atoms with Crippen LogP contribution in [0.3, 0.4) is 0 Å². The second kappa shape index (κ2) is 5.60. The molecule has 2 rings (SSSR count). The number of carboxylic acid groups (broad SMARTS) is 1. The monoisotopic (exact) mass is 284 g/mol. The molecule has 0 aromatic rings. The van der Waals surface area contributed by atoms with Crippen LogP contribution in [0.25, 0.3) is 0 Å². The van der Waals surface area contributed by atoms with Crippen molar-refractivity contribution < 1.29 is 19.4 Å². The van der Waals surface area contributed by atoms with Crippen molar-refractivity contribution >= 4 is 12.1 Å². The van der Waals surface area contributed by atoms with Crippen molar-refractivity contribution in [2.75, 3.05) is 26.2 Å². The van der Waals surface area contributed by atoms with E-state index in [9.17, 15) is 9.59 Å². The molecule has 0 radical (unpaired) electrons. The molecule has 2 aliphatic rings. The van der Waals surface area contributed by atoms with Crippen molar-refractivity contribution in [3.8, 4) is 0 Å². The van der Waals surface area contributed by atoms with Crippen LogP contribution in [0.1, 0.15) is 33.6 Å². The fourth-order valence-corrected chi connectivity index (χ4v) is 2.67. The molecule has 2 heterocycles. The summed E-state index contributed by atoms with van der Waals surface area (Å²) >= 11 is 0. The number of hydrogen-bond acceptors (Lipinski definition) is 4. The normalized spacial score (nSPS) is 22.4. The summed E-state index contributed by atoms with van der Waals surface area (Å²) in [5.74, 6) is -0.887. The van der Waals surface area contributed by atoms with Crippen molar-refractivity contribution in [2.45, 2.75) is 45.3 Å². The van der Waals surface area contributed by atoms with Gasteiger partial charge < -0.3 is 14.7 Å². The lowest BCUT2D eigenvalue weighted by atomic mass is 9.94. The van der Waals surface area contributed by atoms with E-state index in [2.05, 4.69) is 4.90 Å². The average molecular weight is 284 g/mol. The molecule has 0 spiro atoms. The van der Waals surface area contributed by atoms with Crippen LogP contribution in [0.2, 0.25) is 0 Å². The third-order valence-corrected chi connectivity index (χ3v) is 3.91. The smallest absolute Gasteiger partial charge is 0.410 e. The first kappa shape index (κ1) is 15.1. The van der Waals surface area contributed by atoms with Crippen molar-refractivity contribution in [2.24, 2.45) is 5.92 Å². The van der Waals surface area contributed by atoms with E-state index in [1.165, 1.54) is 0 Å². The summed E-state index contributed by atoms with van der Waals surface area (Å²) in [7, 11) is 0. The molecule has 20 heavy (non-hydrogen) atoms. The van der Waals surface area contributed by atoms with Gasteiger partial charge in [0, 0.05) is 19.1 Å². The summed E-state index contributed by atoms with van der Waals surface area (Å²) < 4.78 is 5.32. The molecule has 6 heteroatoms. The predicted octanol–water partition coefficient (Wildman–Crippen LogP) is 1.40. The summed E-state index contributed by atoms with van der Waals surface area (Å²) in [6.07, 6.45) is 1.16. The number of aliphatic carboxylic acids is 1. The molecule has 0 aromatic carbocycles. The van der Waals surface area contributed by atoms with E-state index in [4.69, 9.17) is 9.84 Å². The number of hydrogen-bond donors (Lipinski definition) is 1. The minimum Gasteiger partial charge on any atom is -0.481 e. The number of piperidine rings is 1. The Morgan fingerprint density at radius 2 is 1.70 bits per heavy atom. The van der Waals surface area contributed by atoms with Crippen LogP contribution < -0.4 is 0 Å². The van der Waals surface area contributed by atoms with Crippen molar-refractivity contribution in [3.05, 3.63) is 0 Å². The lowest BCUT2D eigenvalue weighted by Gasteiger charge is -2.47. The van der Waals surface area contributed by atoms with Gasteiger partial charge in [-0.05, 0) is 46.7 Å². The summed E-state index contributed by atoms with van der Waals surface area (Å²) in [6, 6.07) is 0.359. The Morgan fingerprint density at radius 3 is 2.15 bits per heavy atom. The maximum Gasteiger partial charge on any atom is 0.410 e. The first-order valence-corrected chi connectivity index (χ1v) is 7.21. The molecular formula is C14H24N2O4. The van der Waals surface area contributed by atoms with Crippen LogP contribution >= 0.6 is 0 Å². The van der Waals surface area contributed by atoms with Gasteiger partial charge in [-0.15, -0.1) is 0 Å². The number of nitrogens with zero attached hydrogens (tertiary/aromatic N) is 2. The first-order chi connectivity index (χ1) is 9.26. The molecule has 1 amide bonds. The molecule has 0 aliphatic carbocycles. The fourth-order valence-electron chi connectivity index (χ4n) is 2.67. The summed E-state index contributed by atoms with van der Waals surface area (Å²) in [4.78, 5) is 26.7. The zero-order valence-corrected chi connectivity index (χ0v) is 12.5. The Bertz CT molecular complexity index is 377. The van der Waals surface area contributed by atoms with Gasteiger partial charge in [-0.1, -0.05) is 0 Å². The number of rotatable bonds is 2. The van der Waals surface area contributed by atoms with E-state index in [0.29, 0.717) is 32.0 Å². The molecule has 2 aliphatic heterocycles. The van der Waals surface area contributed by atoms with E-state index in [1.54, 1.807) is 4.90 Å². The van der Waals surface area contributed by atoms with Gasteiger partial charge in [0.1, 0.15) is 5.60 Å². The molecule has 2 saturated heterocycles. The van der Waals surface area contributed by atoms with Crippen LogP contribution in [-0.2, 0) is 9.53 Å². The molecule has 6 nitrogen and oxygen atoms in total. The molecule has 2 fully saturated rings. The number of likely N-dealkylation sites (tertiary alicyclic amines) is 2. The Labute approximate surface area is 119 Å². The number of carbonyl (C=O) groups excluding carboxylic acids is 1. The van der Waals surface area contributed by atoms with E-state index in [-0.39, 0.29) is 12.0 Å². The first-order valence-electron chi connectivity index (χ1n) is 7.21. The number of carbonyl (C=O) groups is 2. The van der Waals surface area contributed by atoms with Crippen molar-refractivity contribution in [1.82, 2.24) is 9.80 Å². The van der Waals surface area contributed by atoms with Crippen molar-refractivity contribution in [1.29, 1.82) is 0 Å². The molecule has 1 N–H and O–H groups in total. The Kier molecular flexibility index (Phi) is 4.22. The van der Waals surface area contributed by atoms with Gasteiger partial charge in [-0.3, -0.25) is 9.69 Å². The summed E-state index contributed by atoms with van der Waals surface area (Å²) in [5, 5.41) is 8.97. The van der Waals surface area contributed by atoms with Crippen LogP contribution in [0.15, 0.2) is 0 Å². The van der Waals surface area contributed by atoms with E-state index >= 15 is 0 Å². The minimum atomic E-state index is -0.686. The van der Waals surface area contributed by atoms with E-state index < -0.39 is 11.6 Å². The van der Waals surface area contributed by atoms with Crippen molar-refractivity contribution in [3.63, 3.8) is 0 Å². The topological polar surface area (TPSA) is 70.1 Å². The van der Waals surface area contributed by atoms with E-state index in [1.807, 2.05) is 20.8 Å². The van der Waals surface area contributed by atoms with Crippen LogP contribution in [0, 0.1) is 5.92 Å². The average Bonchev–Trinajstić information content (AvgIpc) is 2.25. The lowest BCUT2D eigenvalue weighted by molar-refractivity contribution is -0.143. The van der Waals surface area contributed by atoms with Gasteiger partial charge in [0.2, 0.25) is 0 Å². The zero-order valence-electron chi connectivity index (χ0n) is 12.5. The predicted molar refractivity (Wildman–Crippen MR) is 73.5 cm³/mol. The highest BCUT2D eigenvalue weighted by atomic mass is 16.6. The van der Waals surface area contributed by atoms with Gasteiger partial charge in [-0.25, -0.2) is 4.79 Å². The largest absolute Gasteiger partial charge is 0.481 e. The molecule has 0 unspecified atom stereocenters. The van der Waals surface area contributed by atoms with Gasteiger partial charge in [-0.2, -0.15) is 0 Å². The molecule has 0 bridgehead atoms. The third kappa shape index (κ3) is 3.62. The Balaban J connectivity index is 1.72. The van der Waals surface area contributed by atoms with Crippen LogP contribution in [-0.4, -0.2) is 64.8 Å². The number of ether oxygens (including phenoxy) is 1. The summed E-state index contributed by atoms with van der Waals surface area (Å²) in [6.45, 7) is 8.57. The van der Waals surface area contributed by atoms with Crippen LogP contribution in [0.5, 0.6) is 0 Å². The zero-order chi connectivity index (χ0) is 14.9. The Hall–Kier alpha value is -1.30. The molecule has 0 atom stereocenters. The number of carboxylic acids is 1. The third-order valence-electron chi connectivity index (χ3n) is 3.91. The maximum absolute atomic E-state index is 11.8. The molecule has 0 saturated carbocycles.